The number of ketones is 1. The Kier molecular flexibility index (Phi) is 3.69. The summed E-state index contributed by atoms with van der Waals surface area (Å²) >= 11 is 0. The summed E-state index contributed by atoms with van der Waals surface area (Å²) in [6, 6.07) is 8.12. The van der Waals surface area contributed by atoms with Gasteiger partial charge in [0.25, 0.3) is 0 Å². The maximum atomic E-state index is 11.6. The van der Waals surface area contributed by atoms with Crippen molar-refractivity contribution < 1.29 is 4.79 Å². The van der Waals surface area contributed by atoms with Gasteiger partial charge in [-0.05, 0) is 36.5 Å². The average Bonchev–Trinajstić information content (AvgIpc) is 2.14. The topological polar surface area (TPSA) is 17.1 Å². The molecule has 0 spiro atoms. The molecule has 0 saturated carbocycles. The molecule has 1 rings (SSSR count). The molecule has 86 valence electrons. The lowest BCUT2D eigenvalue weighted by Gasteiger charge is -2.21. The van der Waals surface area contributed by atoms with Gasteiger partial charge in [0, 0.05) is 5.57 Å². The minimum Gasteiger partial charge on any atom is -0.295 e. The summed E-state index contributed by atoms with van der Waals surface area (Å²) in [5.41, 5.74) is 3.10. The summed E-state index contributed by atoms with van der Waals surface area (Å²) < 4.78 is 0. The summed E-state index contributed by atoms with van der Waals surface area (Å²) in [6.07, 6.45) is 2.01. The highest BCUT2D eigenvalue weighted by molar-refractivity contribution is 5.99. The second-order valence-electron chi connectivity index (χ2n) is 5.22. The van der Waals surface area contributed by atoms with Gasteiger partial charge in [-0.15, -0.1) is 0 Å². The highest BCUT2D eigenvalue weighted by Gasteiger charge is 2.20. The van der Waals surface area contributed by atoms with Gasteiger partial charge in [0.2, 0.25) is 0 Å². The molecule has 0 fully saturated rings. The maximum absolute atomic E-state index is 11.6. The van der Waals surface area contributed by atoms with Crippen molar-refractivity contribution in [2.75, 3.05) is 0 Å². The fraction of sp³-hybridized carbons (Fsp3) is 0.400. The minimum atomic E-state index is -0.103. The van der Waals surface area contributed by atoms with E-state index in [1.807, 2.05) is 24.3 Å². The molecule has 0 saturated heterocycles. The van der Waals surface area contributed by atoms with E-state index in [-0.39, 0.29) is 11.2 Å². The normalized spacial score (nSPS) is 12.7. The molecule has 0 aliphatic carbocycles. The van der Waals surface area contributed by atoms with E-state index < -0.39 is 0 Å². The van der Waals surface area contributed by atoms with Gasteiger partial charge >= 0.3 is 0 Å². The highest BCUT2D eigenvalue weighted by Crippen LogP contribution is 2.28. The largest absolute Gasteiger partial charge is 0.295 e. The van der Waals surface area contributed by atoms with Crippen molar-refractivity contribution in [2.24, 2.45) is 5.41 Å². The van der Waals surface area contributed by atoms with E-state index in [0.29, 0.717) is 0 Å². The van der Waals surface area contributed by atoms with E-state index >= 15 is 0 Å². The van der Waals surface area contributed by atoms with Crippen molar-refractivity contribution in [1.82, 2.24) is 0 Å². The summed E-state index contributed by atoms with van der Waals surface area (Å²) in [5, 5.41) is 0. The third-order valence-electron chi connectivity index (χ3n) is 2.68. The average molecular weight is 216 g/mol. The predicted molar refractivity (Wildman–Crippen MR) is 69.3 cm³/mol. The van der Waals surface area contributed by atoms with Gasteiger partial charge in [-0.25, -0.2) is 0 Å². The number of hydrogen-bond acceptors (Lipinski definition) is 1. The number of Topliss-reactive ketones (excluding diaryl/α,β-unsaturated/α-hetero) is 1. The monoisotopic (exact) mass is 216 g/mol. The van der Waals surface area contributed by atoms with Crippen molar-refractivity contribution in [3.63, 3.8) is 0 Å². The second-order valence-corrected chi connectivity index (χ2v) is 5.22. The van der Waals surface area contributed by atoms with Gasteiger partial charge in [0.15, 0.2) is 5.78 Å². The Morgan fingerprint density at radius 3 is 2.19 bits per heavy atom. The van der Waals surface area contributed by atoms with Crippen molar-refractivity contribution in [3.05, 3.63) is 41.0 Å². The van der Waals surface area contributed by atoms with Crippen LogP contribution in [0.1, 0.15) is 38.8 Å². The number of benzene rings is 1. The first-order valence-electron chi connectivity index (χ1n) is 5.61. The van der Waals surface area contributed by atoms with Gasteiger partial charge < -0.3 is 0 Å². The maximum Gasteiger partial charge on any atom is 0.156 e. The molecule has 0 radical (unpaired) electrons. The van der Waals surface area contributed by atoms with Crippen molar-refractivity contribution >= 4 is 11.9 Å². The first-order valence-corrected chi connectivity index (χ1v) is 5.61. The highest BCUT2D eigenvalue weighted by atomic mass is 16.1. The van der Waals surface area contributed by atoms with Gasteiger partial charge in [-0.1, -0.05) is 45.0 Å². The molecule has 0 bridgehead atoms. The van der Waals surface area contributed by atoms with Crippen LogP contribution < -0.4 is 0 Å². The van der Waals surface area contributed by atoms with E-state index in [0.717, 1.165) is 11.1 Å². The molecule has 0 aromatic heterocycles. The van der Waals surface area contributed by atoms with Crippen LogP contribution in [0.3, 0.4) is 0 Å². The van der Waals surface area contributed by atoms with Crippen LogP contribution in [-0.2, 0) is 4.79 Å². The Balaban J connectivity index is 3.24. The smallest absolute Gasteiger partial charge is 0.156 e. The molecule has 0 aliphatic heterocycles. The standard InChI is InChI=1S/C15H20O/c1-11-8-6-7-9-13(11)10-14(12(2)16)15(3,4)5/h6-10H,1-5H3/b14-10+. The summed E-state index contributed by atoms with van der Waals surface area (Å²) in [4.78, 5) is 11.6. The Labute approximate surface area is 98.2 Å². The number of carbonyl (C=O) groups excluding carboxylic acids is 1. The zero-order valence-corrected chi connectivity index (χ0v) is 10.8. The Hall–Kier alpha value is -1.37. The zero-order chi connectivity index (χ0) is 12.3. The quantitative estimate of drug-likeness (QED) is 0.682. The minimum absolute atomic E-state index is 0.103. The molecule has 0 heterocycles. The fourth-order valence-corrected chi connectivity index (χ4v) is 1.75. The van der Waals surface area contributed by atoms with Crippen LogP contribution in [0.15, 0.2) is 29.8 Å². The van der Waals surface area contributed by atoms with Crippen molar-refractivity contribution in [3.8, 4) is 0 Å². The van der Waals surface area contributed by atoms with Crippen LogP contribution in [-0.4, -0.2) is 5.78 Å². The predicted octanol–water partition coefficient (Wildman–Crippen LogP) is 4.01. The van der Waals surface area contributed by atoms with Gasteiger partial charge in [0.1, 0.15) is 0 Å². The van der Waals surface area contributed by atoms with Crippen LogP contribution in [0, 0.1) is 12.3 Å². The fourth-order valence-electron chi connectivity index (χ4n) is 1.75. The number of allylic oxidation sites excluding steroid dienone is 1. The van der Waals surface area contributed by atoms with Crippen LogP contribution in [0.25, 0.3) is 6.08 Å². The molecular formula is C15H20O. The van der Waals surface area contributed by atoms with Crippen molar-refractivity contribution in [2.45, 2.75) is 34.6 Å². The molecule has 1 heteroatoms. The Bertz CT molecular complexity index is 419. The molecule has 0 unspecified atom stereocenters. The Morgan fingerprint density at radius 2 is 1.75 bits per heavy atom. The molecule has 0 aliphatic rings. The van der Waals surface area contributed by atoms with E-state index in [2.05, 4.69) is 33.8 Å². The molecule has 0 N–H and O–H groups in total. The lowest BCUT2D eigenvalue weighted by molar-refractivity contribution is -0.114. The van der Waals surface area contributed by atoms with Crippen molar-refractivity contribution in [1.29, 1.82) is 0 Å². The Morgan fingerprint density at radius 1 is 1.19 bits per heavy atom. The zero-order valence-electron chi connectivity index (χ0n) is 10.8. The van der Waals surface area contributed by atoms with E-state index in [4.69, 9.17) is 0 Å². The molecular weight excluding hydrogens is 196 g/mol. The van der Waals surface area contributed by atoms with E-state index in [1.54, 1.807) is 6.92 Å². The summed E-state index contributed by atoms with van der Waals surface area (Å²) in [5.74, 6) is 0.149. The van der Waals surface area contributed by atoms with Crippen LogP contribution >= 0.6 is 0 Å². The van der Waals surface area contributed by atoms with Crippen LogP contribution in [0.5, 0.6) is 0 Å². The van der Waals surface area contributed by atoms with E-state index in [9.17, 15) is 4.79 Å². The number of rotatable bonds is 2. The molecule has 0 amide bonds. The number of aryl methyl sites for hydroxylation is 1. The lowest BCUT2D eigenvalue weighted by Crippen LogP contribution is -2.15. The second kappa shape index (κ2) is 4.65. The first kappa shape index (κ1) is 12.7. The molecule has 1 nitrogen and oxygen atoms in total. The third-order valence-corrected chi connectivity index (χ3v) is 2.68. The summed E-state index contributed by atoms with van der Waals surface area (Å²) in [7, 11) is 0. The third kappa shape index (κ3) is 3.06. The van der Waals surface area contributed by atoms with E-state index in [1.165, 1.54) is 5.56 Å². The number of carbonyl (C=O) groups is 1. The van der Waals surface area contributed by atoms with Gasteiger partial charge in [0.05, 0.1) is 0 Å². The first-order chi connectivity index (χ1) is 7.32. The molecule has 16 heavy (non-hydrogen) atoms. The van der Waals surface area contributed by atoms with Gasteiger partial charge in [-0.2, -0.15) is 0 Å². The van der Waals surface area contributed by atoms with Crippen LogP contribution in [0.4, 0.5) is 0 Å². The van der Waals surface area contributed by atoms with Crippen LogP contribution in [0.2, 0.25) is 0 Å². The molecule has 1 aromatic carbocycles. The lowest BCUT2D eigenvalue weighted by atomic mass is 9.83. The number of hydrogen-bond donors (Lipinski definition) is 0. The summed E-state index contributed by atoms with van der Waals surface area (Å²) in [6.45, 7) is 9.90. The molecule has 1 aromatic rings. The SMILES string of the molecule is CC(=O)/C(=C\c1ccccc1C)C(C)(C)C. The molecule has 0 atom stereocenters. The van der Waals surface area contributed by atoms with Gasteiger partial charge in [-0.3, -0.25) is 4.79 Å².